The van der Waals surface area contributed by atoms with Crippen LogP contribution in [0.25, 0.3) is 0 Å². The van der Waals surface area contributed by atoms with Crippen molar-refractivity contribution in [2.24, 2.45) is 28.6 Å². The van der Waals surface area contributed by atoms with E-state index < -0.39 is 0 Å². The maximum Gasteiger partial charge on any atom is 0.302 e. The number of ether oxygens (including phenoxy) is 3. The van der Waals surface area contributed by atoms with Crippen LogP contribution in [-0.2, 0) is 19.0 Å². The van der Waals surface area contributed by atoms with Crippen molar-refractivity contribution in [2.75, 3.05) is 13.4 Å². The summed E-state index contributed by atoms with van der Waals surface area (Å²) in [7, 11) is 0. The Hall–Kier alpha value is -0.610. The molecule has 0 unspecified atom stereocenters. The monoisotopic (exact) mass is 322 g/mol. The summed E-state index contributed by atoms with van der Waals surface area (Å²) in [6.07, 6.45) is 7.54. The Bertz CT molecular complexity index is 492. The van der Waals surface area contributed by atoms with Crippen LogP contribution >= 0.6 is 0 Å². The predicted octanol–water partition coefficient (Wildman–Crippen LogP) is 3.53. The molecule has 0 aromatic carbocycles. The van der Waals surface area contributed by atoms with Crippen molar-refractivity contribution in [3.8, 4) is 0 Å². The maximum atomic E-state index is 11.5. The molecule has 4 rings (SSSR count). The van der Waals surface area contributed by atoms with Gasteiger partial charge in [-0.1, -0.05) is 13.8 Å². The lowest BCUT2D eigenvalue weighted by Crippen LogP contribution is -2.58. The smallest absolute Gasteiger partial charge is 0.302 e. The molecule has 0 amide bonds. The Balaban J connectivity index is 1.59. The van der Waals surface area contributed by atoms with Crippen LogP contribution in [0.15, 0.2) is 0 Å². The third-order valence-electron chi connectivity index (χ3n) is 7.77. The molecule has 4 nitrogen and oxygen atoms in total. The van der Waals surface area contributed by atoms with Gasteiger partial charge in [0.1, 0.15) is 12.9 Å². The van der Waals surface area contributed by atoms with E-state index >= 15 is 0 Å². The van der Waals surface area contributed by atoms with Gasteiger partial charge < -0.3 is 14.2 Å². The molecule has 0 aromatic rings. The first-order valence-corrected chi connectivity index (χ1v) is 9.32. The van der Waals surface area contributed by atoms with Crippen LogP contribution in [-0.4, -0.2) is 31.6 Å². The summed E-state index contributed by atoms with van der Waals surface area (Å²) in [5.74, 6) is 1.99. The maximum absolute atomic E-state index is 11.5. The third kappa shape index (κ3) is 2.28. The Morgan fingerprint density at radius 3 is 2.61 bits per heavy atom. The third-order valence-corrected chi connectivity index (χ3v) is 7.77. The summed E-state index contributed by atoms with van der Waals surface area (Å²) < 4.78 is 17.4. The second-order valence-corrected chi connectivity index (χ2v) is 8.80. The van der Waals surface area contributed by atoms with Crippen molar-refractivity contribution in [1.29, 1.82) is 0 Å². The molecule has 23 heavy (non-hydrogen) atoms. The van der Waals surface area contributed by atoms with Crippen molar-refractivity contribution in [1.82, 2.24) is 0 Å². The fourth-order valence-corrected chi connectivity index (χ4v) is 6.63. The van der Waals surface area contributed by atoms with Crippen LogP contribution in [0.1, 0.15) is 59.3 Å². The van der Waals surface area contributed by atoms with E-state index in [1.165, 1.54) is 25.7 Å². The number of hydrogen-bond acceptors (Lipinski definition) is 4. The van der Waals surface area contributed by atoms with Gasteiger partial charge >= 0.3 is 5.97 Å². The SMILES string of the molecule is CC(=O)O[C@H]1CC[C@H]2[C@@H]3CC[C@H]4OCOC[C@]4(C)[C@H]3CC[C@]12C. The van der Waals surface area contributed by atoms with Crippen LogP contribution in [0.3, 0.4) is 0 Å². The Labute approximate surface area is 139 Å². The predicted molar refractivity (Wildman–Crippen MR) is 85.6 cm³/mol. The molecular formula is C19H30O4. The number of carbonyl (C=O) groups excluding carboxylic acids is 1. The molecular weight excluding hydrogens is 292 g/mol. The second kappa shape index (κ2) is 5.45. The Kier molecular flexibility index (Phi) is 3.77. The molecule has 130 valence electrons. The van der Waals surface area contributed by atoms with Crippen LogP contribution in [0, 0.1) is 28.6 Å². The molecule has 3 saturated carbocycles. The van der Waals surface area contributed by atoms with Gasteiger partial charge in [0.15, 0.2) is 0 Å². The molecule has 1 heterocycles. The van der Waals surface area contributed by atoms with Gasteiger partial charge in [0, 0.05) is 17.8 Å². The normalized spacial score (nSPS) is 52.2. The summed E-state index contributed by atoms with van der Waals surface area (Å²) in [6.45, 7) is 7.61. The number of carbonyl (C=O) groups is 1. The lowest BCUT2D eigenvalue weighted by Gasteiger charge is -2.59. The average molecular weight is 322 g/mol. The average Bonchev–Trinajstić information content (AvgIpc) is 2.83. The lowest BCUT2D eigenvalue weighted by molar-refractivity contribution is -0.254. The van der Waals surface area contributed by atoms with Gasteiger partial charge in [-0.2, -0.15) is 0 Å². The first-order valence-electron chi connectivity index (χ1n) is 9.32. The second-order valence-electron chi connectivity index (χ2n) is 8.80. The highest BCUT2D eigenvalue weighted by molar-refractivity contribution is 5.66. The molecule has 0 N–H and O–H groups in total. The van der Waals surface area contributed by atoms with Gasteiger partial charge in [0.25, 0.3) is 0 Å². The van der Waals surface area contributed by atoms with Gasteiger partial charge in [-0.05, 0) is 56.3 Å². The van der Waals surface area contributed by atoms with Crippen LogP contribution in [0.5, 0.6) is 0 Å². The fourth-order valence-electron chi connectivity index (χ4n) is 6.63. The molecule has 0 spiro atoms. The summed E-state index contributed by atoms with van der Waals surface area (Å²) in [5.41, 5.74) is 0.342. The van der Waals surface area contributed by atoms with Crippen molar-refractivity contribution in [2.45, 2.75) is 71.5 Å². The fraction of sp³-hybridized carbons (Fsp3) is 0.947. The van der Waals surface area contributed by atoms with Gasteiger partial charge in [0.2, 0.25) is 0 Å². The van der Waals surface area contributed by atoms with E-state index in [1.807, 2.05) is 0 Å². The molecule has 4 fully saturated rings. The van der Waals surface area contributed by atoms with E-state index in [0.717, 1.165) is 25.4 Å². The highest BCUT2D eigenvalue weighted by Gasteiger charge is 2.61. The van der Waals surface area contributed by atoms with E-state index in [-0.39, 0.29) is 22.9 Å². The van der Waals surface area contributed by atoms with E-state index in [0.29, 0.717) is 24.7 Å². The zero-order valence-corrected chi connectivity index (χ0v) is 14.7. The number of fused-ring (bicyclic) bond motifs is 5. The summed E-state index contributed by atoms with van der Waals surface area (Å²) in [5, 5.41) is 0. The van der Waals surface area contributed by atoms with E-state index in [2.05, 4.69) is 13.8 Å². The van der Waals surface area contributed by atoms with Gasteiger partial charge in [0.05, 0.1) is 12.7 Å². The van der Waals surface area contributed by atoms with Crippen LogP contribution < -0.4 is 0 Å². The summed E-state index contributed by atoms with van der Waals surface area (Å²) in [4.78, 5) is 11.5. The van der Waals surface area contributed by atoms with E-state index in [1.54, 1.807) is 6.92 Å². The molecule has 0 radical (unpaired) electrons. The minimum Gasteiger partial charge on any atom is -0.462 e. The molecule has 1 saturated heterocycles. The van der Waals surface area contributed by atoms with Gasteiger partial charge in [-0.3, -0.25) is 4.79 Å². The first kappa shape index (κ1) is 15.9. The summed E-state index contributed by atoms with van der Waals surface area (Å²) >= 11 is 0. The largest absolute Gasteiger partial charge is 0.462 e. The molecule has 1 aliphatic heterocycles. The molecule has 0 aromatic heterocycles. The Morgan fingerprint density at radius 1 is 1.04 bits per heavy atom. The molecule has 4 heteroatoms. The molecule has 7 atom stereocenters. The van der Waals surface area contributed by atoms with E-state index in [9.17, 15) is 4.79 Å². The highest BCUT2D eigenvalue weighted by Crippen LogP contribution is 2.63. The van der Waals surface area contributed by atoms with Crippen LogP contribution in [0.4, 0.5) is 0 Å². The Morgan fingerprint density at radius 2 is 1.83 bits per heavy atom. The lowest BCUT2D eigenvalue weighted by atomic mass is 9.49. The standard InChI is InChI=1S/C19H30O4/c1-12(20)23-17-7-5-14-13-4-6-16-19(3,10-21-11-22-16)15(13)8-9-18(14,17)2/h13-17H,4-11H2,1-3H3/t13-,14-,15-,16+,17-,18-,19+/m0/s1. The van der Waals surface area contributed by atoms with Gasteiger partial charge in [-0.25, -0.2) is 0 Å². The minimum absolute atomic E-state index is 0.121. The van der Waals surface area contributed by atoms with Crippen molar-refractivity contribution < 1.29 is 19.0 Å². The van der Waals surface area contributed by atoms with E-state index in [4.69, 9.17) is 14.2 Å². The van der Waals surface area contributed by atoms with Crippen molar-refractivity contribution in [3.63, 3.8) is 0 Å². The topological polar surface area (TPSA) is 44.8 Å². The molecule has 4 aliphatic rings. The van der Waals surface area contributed by atoms with Crippen molar-refractivity contribution >= 4 is 5.97 Å². The molecule has 3 aliphatic carbocycles. The number of esters is 1. The quantitative estimate of drug-likeness (QED) is 0.693. The van der Waals surface area contributed by atoms with Crippen LogP contribution in [0.2, 0.25) is 0 Å². The number of hydrogen-bond donors (Lipinski definition) is 0. The summed E-state index contributed by atoms with van der Waals surface area (Å²) in [6, 6.07) is 0. The first-order chi connectivity index (χ1) is 10.9. The molecule has 0 bridgehead atoms. The minimum atomic E-state index is -0.122. The zero-order valence-electron chi connectivity index (χ0n) is 14.7. The highest BCUT2D eigenvalue weighted by atomic mass is 16.7. The number of rotatable bonds is 1. The zero-order chi connectivity index (χ0) is 16.2. The van der Waals surface area contributed by atoms with Crippen molar-refractivity contribution in [3.05, 3.63) is 0 Å². The van der Waals surface area contributed by atoms with Gasteiger partial charge in [-0.15, -0.1) is 0 Å².